The predicted octanol–water partition coefficient (Wildman–Crippen LogP) is 4.92. The molecule has 6 atom stereocenters. The fourth-order valence-corrected chi connectivity index (χ4v) is 10.1. The van der Waals surface area contributed by atoms with Crippen LogP contribution in [0, 0.1) is 17.8 Å². The number of rotatable bonds is 15. The lowest BCUT2D eigenvalue weighted by Crippen LogP contribution is -2.57. The Labute approximate surface area is 266 Å². The van der Waals surface area contributed by atoms with Crippen LogP contribution in [0.4, 0.5) is 0 Å². The van der Waals surface area contributed by atoms with Gasteiger partial charge in [-0.2, -0.15) is 0 Å². The molecule has 3 fully saturated rings. The zero-order valence-electron chi connectivity index (χ0n) is 25.7. The number of amides is 3. The number of hydrogen-bond acceptors (Lipinski definition) is 5. The molecule has 5 rings (SSSR count). The molecular weight excluding hydrogens is 570 g/mol. The van der Waals surface area contributed by atoms with Gasteiger partial charge in [-0.3, -0.25) is 14.4 Å². The summed E-state index contributed by atoms with van der Waals surface area (Å²) >= 11 is 1.72. The lowest BCUT2D eigenvalue weighted by atomic mass is 9.65. The Morgan fingerprint density at radius 2 is 1.50 bits per heavy atom. The van der Waals surface area contributed by atoms with E-state index in [0.29, 0.717) is 45.6 Å². The van der Waals surface area contributed by atoms with Gasteiger partial charge in [-0.15, -0.1) is 24.9 Å². The number of aliphatic hydroxyl groups is 1. The zero-order valence-corrected chi connectivity index (χ0v) is 26.5. The first-order valence-corrected chi connectivity index (χ1v) is 16.7. The van der Waals surface area contributed by atoms with Crippen LogP contribution in [0.3, 0.4) is 0 Å². The molecule has 8 heteroatoms. The van der Waals surface area contributed by atoms with Gasteiger partial charge in [0.05, 0.1) is 16.6 Å². The van der Waals surface area contributed by atoms with Crippen molar-refractivity contribution in [2.45, 2.75) is 61.7 Å². The molecule has 0 aliphatic carbocycles. The van der Waals surface area contributed by atoms with Gasteiger partial charge in [-0.25, -0.2) is 0 Å². The topological polar surface area (TPSA) is 81.2 Å². The highest BCUT2D eigenvalue weighted by Gasteiger charge is 2.76. The van der Waals surface area contributed by atoms with E-state index >= 15 is 0 Å². The summed E-state index contributed by atoms with van der Waals surface area (Å²) < 4.78 is -0.682. The summed E-state index contributed by atoms with van der Waals surface area (Å²) in [5.41, 5.74) is 2.04. The van der Waals surface area contributed by atoms with Crippen LogP contribution in [-0.2, 0) is 27.5 Å². The summed E-state index contributed by atoms with van der Waals surface area (Å²) in [5, 5.41) is 9.34. The smallest absolute Gasteiger partial charge is 0.247 e. The van der Waals surface area contributed by atoms with Crippen LogP contribution < -0.4 is 0 Å². The molecule has 1 spiro atoms. The van der Waals surface area contributed by atoms with Gasteiger partial charge in [0.1, 0.15) is 6.04 Å². The number of fused-ring (bicyclic) bond motifs is 1. The second-order valence-electron chi connectivity index (χ2n) is 12.4. The van der Waals surface area contributed by atoms with E-state index in [1.165, 1.54) is 0 Å². The van der Waals surface area contributed by atoms with Gasteiger partial charge < -0.3 is 19.8 Å². The molecule has 2 aromatic rings. The average Bonchev–Trinajstić information content (AvgIpc) is 3.62. The number of carbonyl (C=O) groups is 3. The van der Waals surface area contributed by atoms with E-state index < -0.39 is 22.6 Å². The van der Waals surface area contributed by atoms with Crippen molar-refractivity contribution in [2.24, 2.45) is 17.8 Å². The third-order valence-corrected chi connectivity index (χ3v) is 11.7. The van der Waals surface area contributed by atoms with E-state index in [2.05, 4.69) is 20.1 Å². The third-order valence-electron chi connectivity index (χ3n) is 9.58. The second kappa shape index (κ2) is 14.2. The molecule has 44 heavy (non-hydrogen) atoms. The minimum Gasteiger partial charge on any atom is -0.396 e. The first kappa shape index (κ1) is 32.0. The van der Waals surface area contributed by atoms with Crippen molar-refractivity contribution < 1.29 is 19.5 Å². The van der Waals surface area contributed by atoms with Gasteiger partial charge in [0.15, 0.2) is 0 Å². The summed E-state index contributed by atoms with van der Waals surface area (Å²) in [6.45, 7) is 12.1. The van der Waals surface area contributed by atoms with Crippen LogP contribution in [0.25, 0.3) is 0 Å². The van der Waals surface area contributed by atoms with Crippen molar-refractivity contribution in [1.29, 1.82) is 0 Å². The predicted molar refractivity (Wildman–Crippen MR) is 175 cm³/mol. The molecule has 3 aliphatic heterocycles. The minimum absolute atomic E-state index is 0.0247. The van der Waals surface area contributed by atoms with E-state index in [1.807, 2.05) is 70.5 Å². The maximum atomic E-state index is 14.7. The van der Waals surface area contributed by atoms with Crippen molar-refractivity contribution in [3.05, 3.63) is 97.1 Å². The van der Waals surface area contributed by atoms with Crippen LogP contribution >= 0.6 is 11.8 Å². The van der Waals surface area contributed by atoms with E-state index in [-0.39, 0.29) is 35.5 Å². The molecule has 7 nitrogen and oxygen atoms in total. The Morgan fingerprint density at radius 3 is 2.05 bits per heavy atom. The summed E-state index contributed by atoms with van der Waals surface area (Å²) in [6, 6.07) is 19.1. The number of carbonyl (C=O) groups excluding carboxylic acids is 3. The van der Waals surface area contributed by atoms with Crippen molar-refractivity contribution in [3.8, 4) is 0 Å². The third kappa shape index (κ3) is 5.98. The molecule has 2 aromatic carbocycles. The fraction of sp³-hybridized carbons (Fsp3) is 0.472. The summed E-state index contributed by atoms with van der Waals surface area (Å²) in [7, 11) is 0. The lowest BCUT2D eigenvalue weighted by Gasteiger charge is -2.41. The molecular formula is C36H45N3O4S. The van der Waals surface area contributed by atoms with E-state index in [0.717, 1.165) is 24.0 Å². The van der Waals surface area contributed by atoms with E-state index in [9.17, 15) is 19.5 Å². The fourth-order valence-electron chi connectivity index (χ4n) is 7.66. The van der Waals surface area contributed by atoms with Gasteiger partial charge in [-0.1, -0.05) is 79.7 Å². The maximum Gasteiger partial charge on any atom is 0.247 e. The maximum absolute atomic E-state index is 14.7. The summed E-state index contributed by atoms with van der Waals surface area (Å²) in [4.78, 5) is 49.2. The van der Waals surface area contributed by atoms with Gasteiger partial charge in [-0.05, 0) is 42.7 Å². The number of benzene rings is 2. The van der Waals surface area contributed by atoms with E-state index in [4.69, 9.17) is 0 Å². The summed E-state index contributed by atoms with van der Waals surface area (Å²) in [6.07, 6.45) is 6.38. The molecule has 0 aromatic heterocycles. The molecule has 0 radical (unpaired) electrons. The average molecular weight is 616 g/mol. The molecule has 3 heterocycles. The van der Waals surface area contributed by atoms with Gasteiger partial charge >= 0.3 is 0 Å². The van der Waals surface area contributed by atoms with Crippen LogP contribution in [0.15, 0.2) is 86.0 Å². The lowest BCUT2D eigenvalue weighted by molar-refractivity contribution is -0.145. The molecule has 3 unspecified atom stereocenters. The Balaban J connectivity index is 1.50. The number of unbranched alkanes of at least 4 members (excludes halogenated alkanes) is 2. The zero-order chi connectivity index (χ0) is 31.3. The molecule has 2 bridgehead atoms. The van der Waals surface area contributed by atoms with Crippen molar-refractivity contribution in [2.75, 3.05) is 26.2 Å². The first-order valence-electron chi connectivity index (χ1n) is 15.8. The van der Waals surface area contributed by atoms with Crippen molar-refractivity contribution in [3.63, 3.8) is 0 Å². The molecule has 3 amide bonds. The minimum atomic E-state index is -0.682. The van der Waals surface area contributed by atoms with Gasteiger partial charge in [0.25, 0.3) is 0 Å². The first-order chi connectivity index (χ1) is 21.4. The molecule has 3 aliphatic rings. The van der Waals surface area contributed by atoms with Crippen LogP contribution in [-0.4, -0.2) is 79.8 Å². The molecule has 234 valence electrons. The Kier molecular flexibility index (Phi) is 10.3. The quantitative estimate of drug-likeness (QED) is 0.227. The number of nitrogens with zero attached hydrogens (tertiary/aromatic N) is 3. The standard InChI is InChI=1S/C36H45N3O4S/c1-4-19-37(24-27-15-9-6-10-16-27)33(41)30-29-23-26(3)36(44-29)31(30)34(42)39(21-13-8-14-22-40)32(36)35(43)38(20-5-2)25-28-17-11-7-12-18-28/h4-7,9-12,15-18,26,29-32,40H,1-2,8,13-14,19-25H2,3H3/t26?,29-,30+,31+,32?,36?/m1/s1. The van der Waals surface area contributed by atoms with Crippen LogP contribution in [0.5, 0.6) is 0 Å². The molecule has 1 N–H and O–H groups in total. The van der Waals surface area contributed by atoms with Crippen molar-refractivity contribution in [1.82, 2.24) is 14.7 Å². The second-order valence-corrected chi connectivity index (χ2v) is 13.9. The van der Waals surface area contributed by atoms with Crippen LogP contribution in [0.1, 0.15) is 43.7 Å². The van der Waals surface area contributed by atoms with Gasteiger partial charge in [0.2, 0.25) is 17.7 Å². The largest absolute Gasteiger partial charge is 0.396 e. The number of hydrogen-bond donors (Lipinski definition) is 1. The number of thioether (sulfide) groups is 1. The highest BCUT2D eigenvalue weighted by Crippen LogP contribution is 2.69. The highest BCUT2D eigenvalue weighted by atomic mass is 32.2. The highest BCUT2D eigenvalue weighted by molar-refractivity contribution is 8.02. The number of likely N-dealkylation sites (tertiary alicyclic amines) is 1. The Hall–Kier alpha value is -3.36. The van der Waals surface area contributed by atoms with Crippen LogP contribution in [0.2, 0.25) is 0 Å². The SMILES string of the molecule is C=CCN(Cc1ccccc1)C(=O)C1N(CCCCCO)C(=O)[C@@H]2[C@@H](C(=O)N(CC=C)Cc3ccccc3)[C@H]3CC(C)C12S3. The summed E-state index contributed by atoms with van der Waals surface area (Å²) in [5.74, 6) is -1.15. The number of aliphatic hydroxyl groups excluding tert-OH is 1. The molecule has 0 saturated carbocycles. The normalized spacial score (nSPS) is 26.8. The Morgan fingerprint density at radius 1 is 0.932 bits per heavy atom. The monoisotopic (exact) mass is 615 g/mol. The van der Waals surface area contributed by atoms with Crippen molar-refractivity contribution >= 4 is 29.5 Å². The Bertz CT molecular complexity index is 1340. The van der Waals surface area contributed by atoms with Gasteiger partial charge in [0, 0.05) is 44.6 Å². The van der Waals surface area contributed by atoms with E-state index in [1.54, 1.807) is 28.8 Å². The molecule has 3 saturated heterocycles.